The molecule has 1 aromatic carbocycles. The zero-order valence-corrected chi connectivity index (χ0v) is 21.7. The Morgan fingerprint density at radius 2 is 1.41 bits per heavy atom. The van der Waals surface area contributed by atoms with Crippen LogP contribution in [-0.2, 0) is 6.42 Å². The third kappa shape index (κ3) is 7.93. The second kappa shape index (κ2) is 14.2. The number of aryl methyl sites for hydroxylation is 1. The van der Waals surface area contributed by atoms with Crippen molar-refractivity contribution >= 4 is 0 Å². The van der Waals surface area contributed by atoms with Crippen LogP contribution in [0.25, 0.3) is 11.4 Å². The van der Waals surface area contributed by atoms with Crippen LogP contribution >= 0.6 is 0 Å². The number of benzene rings is 1. The van der Waals surface area contributed by atoms with E-state index in [0.29, 0.717) is 5.92 Å². The Kier molecular flexibility index (Phi) is 11.1. The fraction of sp³-hybridized carbons (Fsp3) is 0.645. The van der Waals surface area contributed by atoms with Crippen LogP contribution in [0.5, 0.6) is 0 Å². The molecule has 0 atom stereocenters. The van der Waals surface area contributed by atoms with Gasteiger partial charge in [0.2, 0.25) is 0 Å². The quantitative estimate of drug-likeness (QED) is 0.264. The molecule has 0 aliphatic heterocycles. The smallest absolute Gasteiger partial charge is 0.159 e. The summed E-state index contributed by atoms with van der Waals surface area (Å²) in [6.45, 7) is 4.49. The van der Waals surface area contributed by atoms with E-state index < -0.39 is 0 Å². The Morgan fingerprint density at radius 1 is 0.824 bits per heavy atom. The molecule has 34 heavy (non-hydrogen) atoms. The van der Waals surface area contributed by atoms with Crippen LogP contribution in [0.4, 0.5) is 0 Å². The van der Waals surface area contributed by atoms with Crippen molar-refractivity contribution in [2.45, 2.75) is 122 Å². The lowest BCUT2D eigenvalue weighted by molar-refractivity contribution is 0.224. The van der Waals surface area contributed by atoms with Gasteiger partial charge in [-0.25, -0.2) is 9.97 Å². The minimum atomic E-state index is -0.0727. The fourth-order valence-corrected chi connectivity index (χ4v) is 5.44. The Morgan fingerprint density at radius 3 is 2.00 bits per heavy atom. The Labute approximate surface area is 208 Å². The molecule has 0 radical (unpaired) electrons. The zero-order valence-electron chi connectivity index (χ0n) is 21.7. The molecule has 1 saturated carbocycles. The van der Waals surface area contributed by atoms with Crippen molar-refractivity contribution in [1.29, 1.82) is 5.26 Å². The third-order valence-electron chi connectivity index (χ3n) is 7.85. The van der Waals surface area contributed by atoms with E-state index in [1.165, 1.54) is 75.3 Å². The molecular weight excluding hydrogens is 414 g/mol. The Bertz CT molecular complexity index is 855. The summed E-state index contributed by atoms with van der Waals surface area (Å²) in [7, 11) is 0. The van der Waals surface area contributed by atoms with Gasteiger partial charge in [-0.1, -0.05) is 95.9 Å². The fourth-order valence-electron chi connectivity index (χ4n) is 5.44. The highest BCUT2D eigenvalue weighted by Gasteiger charge is 2.35. The lowest BCUT2D eigenvalue weighted by Crippen LogP contribution is -2.25. The molecular formula is C31H45N3. The molecule has 0 bridgehead atoms. The van der Waals surface area contributed by atoms with Gasteiger partial charge in [0, 0.05) is 18.0 Å². The summed E-state index contributed by atoms with van der Waals surface area (Å²) in [4.78, 5) is 9.30. The van der Waals surface area contributed by atoms with Crippen molar-refractivity contribution < 1.29 is 0 Å². The van der Waals surface area contributed by atoms with Gasteiger partial charge in [0.1, 0.15) is 0 Å². The van der Waals surface area contributed by atoms with E-state index in [1.807, 2.05) is 12.4 Å². The summed E-state index contributed by atoms with van der Waals surface area (Å²) in [5.74, 6) is 1.39. The zero-order chi connectivity index (χ0) is 24.1. The molecule has 0 spiro atoms. The average Bonchev–Trinajstić information content (AvgIpc) is 2.90. The second-order valence-electron chi connectivity index (χ2n) is 10.5. The van der Waals surface area contributed by atoms with Crippen LogP contribution in [0.1, 0.15) is 127 Å². The first kappa shape index (κ1) is 26.4. The van der Waals surface area contributed by atoms with E-state index in [2.05, 4.69) is 54.2 Å². The normalized spacial score (nSPS) is 20.2. The van der Waals surface area contributed by atoms with E-state index in [0.717, 1.165) is 49.9 Å². The molecule has 3 nitrogen and oxygen atoms in total. The largest absolute Gasteiger partial charge is 0.236 e. The van der Waals surface area contributed by atoms with Crippen LogP contribution in [0.3, 0.4) is 0 Å². The van der Waals surface area contributed by atoms with Crippen molar-refractivity contribution in [3.05, 3.63) is 47.8 Å². The number of nitriles is 1. The molecule has 1 fully saturated rings. The standard InChI is InChI=1S/C31H45N3/c1-3-5-7-8-9-10-11-12-13-26-23-33-30(34-24-26)29-16-14-27(15-17-29)28-18-21-31(25-32,22-19-28)20-6-4-2/h14-17,23-24,28H,3-13,18-22H2,1-2H3/t28-,31-. The monoisotopic (exact) mass is 459 g/mol. The maximum Gasteiger partial charge on any atom is 0.159 e. The van der Waals surface area contributed by atoms with E-state index in [-0.39, 0.29) is 5.41 Å². The molecule has 0 N–H and O–H groups in total. The first-order chi connectivity index (χ1) is 16.7. The molecule has 1 aliphatic carbocycles. The number of hydrogen-bond acceptors (Lipinski definition) is 3. The van der Waals surface area contributed by atoms with Crippen LogP contribution < -0.4 is 0 Å². The third-order valence-corrected chi connectivity index (χ3v) is 7.85. The summed E-state index contributed by atoms with van der Waals surface area (Å²) in [6.07, 6.45) is 23.6. The first-order valence-corrected chi connectivity index (χ1v) is 14.0. The molecule has 0 amide bonds. The van der Waals surface area contributed by atoms with E-state index in [9.17, 15) is 5.26 Å². The van der Waals surface area contributed by atoms with Gasteiger partial charge in [0.15, 0.2) is 5.82 Å². The van der Waals surface area contributed by atoms with Gasteiger partial charge in [0.05, 0.1) is 11.5 Å². The maximum atomic E-state index is 9.75. The number of nitrogens with zero attached hydrogens (tertiary/aromatic N) is 3. The van der Waals surface area contributed by atoms with Crippen LogP contribution in [0.15, 0.2) is 36.7 Å². The van der Waals surface area contributed by atoms with Crippen molar-refractivity contribution in [3.8, 4) is 17.5 Å². The molecule has 0 saturated heterocycles. The van der Waals surface area contributed by atoms with Crippen molar-refractivity contribution in [2.24, 2.45) is 5.41 Å². The molecule has 1 heterocycles. The number of rotatable bonds is 14. The predicted octanol–water partition coefficient (Wildman–Crippen LogP) is 9.18. The van der Waals surface area contributed by atoms with E-state index in [1.54, 1.807) is 0 Å². The van der Waals surface area contributed by atoms with Gasteiger partial charge in [-0.3, -0.25) is 0 Å². The minimum Gasteiger partial charge on any atom is -0.236 e. The molecule has 1 aliphatic rings. The average molecular weight is 460 g/mol. The van der Waals surface area contributed by atoms with Crippen molar-refractivity contribution in [2.75, 3.05) is 0 Å². The second-order valence-corrected chi connectivity index (χ2v) is 10.5. The van der Waals surface area contributed by atoms with Crippen LogP contribution in [0, 0.1) is 16.7 Å². The van der Waals surface area contributed by atoms with Gasteiger partial charge in [-0.15, -0.1) is 0 Å². The summed E-state index contributed by atoms with van der Waals surface area (Å²) >= 11 is 0. The highest BCUT2D eigenvalue weighted by atomic mass is 14.9. The van der Waals surface area contributed by atoms with Gasteiger partial charge in [-0.2, -0.15) is 5.26 Å². The summed E-state index contributed by atoms with van der Waals surface area (Å²) in [5.41, 5.74) is 3.67. The highest BCUT2D eigenvalue weighted by Crippen LogP contribution is 2.45. The van der Waals surface area contributed by atoms with Crippen LogP contribution in [-0.4, -0.2) is 9.97 Å². The molecule has 2 aromatic rings. The van der Waals surface area contributed by atoms with Crippen molar-refractivity contribution in [3.63, 3.8) is 0 Å². The van der Waals surface area contributed by atoms with Gasteiger partial charge in [0.25, 0.3) is 0 Å². The van der Waals surface area contributed by atoms with Gasteiger partial charge < -0.3 is 0 Å². The maximum absolute atomic E-state index is 9.75. The highest BCUT2D eigenvalue weighted by molar-refractivity contribution is 5.55. The Balaban J connectivity index is 1.44. The summed E-state index contributed by atoms with van der Waals surface area (Å²) < 4.78 is 0. The molecule has 3 rings (SSSR count). The minimum absolute atomic E-state index is 0.0727. The molecule has 3 heteroatoms. The molecule has 184 valence electrons. The summed E-state index contributed by atoms with van der Waals surface area (Å²) in [5, 5.41) is 9.75. The van der Waals surface area contributed by atoms with E-state index in [4.69, 9.17) is 0 Å². The first-order valence-electron chi connectivity index (χ1n) is 14.0. The topological polar surface area (TPSA) is 49.6 Å². The number of unbranched alkanes of at least 4 members (excludes halogenated alkanes) is 8. The van der Waals surface area contributed by atoms with Crippen molar-refractivity contribution in [1.82, 2.24) is 9.97 Å². The Hall–Kier alpha value is -2.21. The van der Waals surface area contributed by atoms with Gasteiger partial charge in [-0.05, 0) is 62.0 Å². The summed E-state index contributed by atoms with van der Waals surface area (Å²) in [6, 6.07) is 11.5. The van der Waals surface area contributed by atoms with Gasteiger partial charge >= 0.3 is 0 Å². The predicted molar refractivity (Wildman–Crippen MR) is 143 cm³/mol. The van der Waals surface area contributed by atoms with E-state index >= 15 is 0 Å². The molecule has 0 unspecified atom stereocenters. The lowest BCUT2D eigenvalue weighted by atomic mass is 9.67. The number of aromatic nitrogens is 2. The SMILES string of the molecule is CCCCCCCCCCc1cnc(-c2ccc([C@H]3CC[C@@](C#N)(CCCC)CC3)cc2)nc1. The lowest BCUT2D eigenvalue weighted by Gasteiger charge is -2.35. The number of hydrogen-bond donors (Lipinski definition) is 0. The van der Waals surface area contributed by atoms with Crippen LogP contribution in [0.2, 0.25) is 0 Å². The molecule has 1 aromatic heterocycles.